The lowest BCUT2D eigenvalue weighted by Crippen LogP contribution is -2.35. The molecular formula is C36H31ClF7N7O4S. The van der Waals surface area contributed by atoms with Gasteiger partial charge in [-0.05, 0) is 61.6 Å². The molecule has 20 heteroatoms. The molecule has 1 unspecified atom stereocenters. The normalized spacial score (nSPS) is 15.3. The van der Waals surface area contributed by atoms with Gasteiger partial charge in [0.05, 0.1) is 33.9 Å². The highest BCUT2D eigenvalue weighted by molar-refractivity contribution is 7.92. The van der Waals surface area contributed by atoms with Crippen LogP contribution in [0.5, 0.6) is 0 Å². The summed E-state index contributed by atoms with van der Waals surface area (Å²) in [5.41, 5.74) is -3.60. The first-order chi connectivity index (χ1) is 26.2. The molecule has 3 N–H and O–H groups in total. The largest absolute Gasteiger partial charge is 0.375 e. The van der Waals surface area contributed by atoms with E-state index in [0.717, 1.165) is 25.3 Å². The number of aliphatic hydroxyl groups is 1. The average molecular weight is 826 g/mol. The van der Waals surface area contributed by atoms with E-state index < -0.39 is 95.4 Å². The lowest BCUT2D eigenvalue weighted by molar-refractivity contribution is -0.122. The van der Waals surface area contributed by atoms with Crippen LogP contribution in [0, 0.1) is 23.5 Å². The predicted molar refractivity (Wildman–Crippen MR) is 191 cm³/mol. The summed E-state index contributed by atoms with van der Waals surface area (Å²) in [5.74, 6) is -1.78. The molecule has 2 aromatic carbocycles. The number of alkyl halides is 5. The van der Waals surface area contributed by atoms with Crippen molar-refractivity contribution in [3.05, 3.63) is 93.0 Å². The number of benzene rings is 2. The number of pyridine rings is 1. The SMILES string of the molecule is Cn1nc(NS(C)(=O)=O)c2c(Cl)ccc(-c3ccc(C#CC(C)(O)CF)nc3[C@H](Cc3cc(F)cc(F)c3)NC(=O)Cn3nc(C(F)F)c4c3C(F)(F)CC4)c21. The Labute approximate surface area is 319 Å². The fraction of sp³-hybridized carbons (Fsp3) is 0.333. The molecule has 0 spiro atoms. The predicted octanol–water partition coefficient (Wildman–Crippen LogP) is 6.28. The van der Waals surface area contributed by atoms with Crippen molar-refractivity contribution < 1.29 is 49.1 Å². The number of carbonyl (C=O) groups excluding carboxylic acids is 1. The van der Waals surface area contributed by atoms with Crippen LogP contribution in [0.25, 0.3) is 22.0 Å². The summed E-state index contributed by atoms with van der Waals surface area (Å²) >= 11 is 6.54. The van der Waals surface area contributed by atoms with Crippen LogP contribution in [0.1, 0.15) is 59.7 Å². The Morgan fingerprint density at radius 2 is 1.77 bits per heavy atom. The Morgan fingerprint density at radius 3 is 2.41 bits per heavy atom. The van der Waals surface area contributed by atoms with E-state index >= 15 is 0 Å². The number of amides is 1. The van der Waals surface area contributed by atoms with E-state index in [4.69, 9.17) is 11.6 Å². The van der Waals surface area contributed by atoms with Gasteiger partial charge >= 0.3 is 0 Å². The molecule has 6 rings (SSSR count). The molecule has 3 heterocycles. The van der Waals surface area contributed by atoms with Crippen molar-refractivity contribution in [3.63, 3.8) is 0 Å². The van der Waals surface area contributed by atoms with Crippen LogP contribution in [0.15, 0.2) is 42.5 Å². The summed E-state index contributed by atoms with van der Waals surface area (Å²) in [4.78, 5) is 18.4. The van der Waals surface area contributed by atoms with Gasteiger partial charge in [0.25, 0.3) is 12.3 Å². The van der Waals surface area contributed by atoms with Crippen LogP contribution in [-0.4, -0.2) is 62.5 Å². The maximum atomic E-state index is 14.9. The first-order valence-electron chi connectivity index (χ1n) is 16.6. The summed E-state index contributed by atoms with van der Waals surface area (Å²) in [7, 11) is -2.37. The summed E-state index contributed by atoms with van der Waals surface area (Å²) < 4.78 is 128. The molecule has 296 valence electrons. The van der Waals surface area contributed by atoms with Crippen LogP contribution in [-0.2, 0) is 47.2 Å². The number of aryl methyl sites for hydroxylation is 1. The minimum absolute atomic E-state index is 0.00896. The van der Waals surface area contributed by atoms with Gasteiger partial charge in [0, 0.05) is 36.2 Å². The molecule has 5 aromatic rings. The van der Waals surface area contributed by atoms with Gasteiger partial charge in [-0.3, -0.25) is 18.9 Å². The maximum Gasteiger partial charge on any atom is 0.290 e. The van der Waals surface area contributed by atoms with Gasteiger partial charge in [0.15, 0.2) is 11.4 Å². The minimum atomic E-state index is -3.86. The molecule has 0 fully saturated rings. The van der Waals surface area contributed by atoms with Crippen molar-refractivity contribution in [1.29, 1.82) is 0 Å². The van der Waals surface area contributed by atoms with Crippen LogP contribution in [0.3, 0.4) is 0 Å². The van der Waals surface area contributed by atoms with Gasteiger partial charge in [-0.2, -0.15) is 19.0 Å². The molecule has 56 heavy (non-hydrogen) atoms. The third kappa shape index (κ3) is 8.46. The molecule has 0 radical (unpaired) electrons. The molecule has 0 saturated carbocycles. The summed E-state index contributed by atoms with van der Waals surface area (Å²) in [6.07, 6.45) is -3.86. The van der Waals surface area contributed by atoms with Crippen LogP contribution in [0.4, 0.5) is 36.6 Å². The lowest BCUT2D eigenvalue weighted by Gasteiger charge is -2.23. The van der Waals surface area contributed by atoms with Crippen molar-refractivity contribution >= 4 is 44.3 Å². The molecule has 1 aliphatic carbocycles. The second kappa shape index (κ2) is 15.0. The zero-order valence-electron chi connectivity index (χ0n) is 29.6. The molecule has 0 bridgehead atoms. The third-order valence-corrected chi connectivity index (χ3v) is 9.68. The van der Waals surface area contributed by atoms with E-state index in [2.05, 4.69) is 37.1 Å². The van der Waals surface area contributed by atoms with E-state index in [1.807, 2.05) is 0 Å². The Kier molecular flexibility index (Phi) is 10.9. The number of nitrogens with one attached hydrogen (secondary N) is 2. The number of hydrogen-bond donors (Lipinski definition) is 3. The first-order valence-corrected chi connectivity index (χ1v) is 18.9. The molecule has 3 aromatic heterocycles. The number of hydrogen-bond acceptors (Lipinski definition) is 7. The van der Waals surface area contributed by atoms with Crippen LogP contribution in [0.2, 0.25) is 5.02 Å². The Bertz CT molecular complexity index is 2530. The van der Waals surface area contributed by atoms with Gasteiger partial charge in [-0.15, -0.1) is 0 Å². The zero-order valence-corrected chi connectivity index (χ0v) is 31.1. The second-order valence-electron chi connectivity index (χ2n) is 13.4. The van der Waals surface area contributed by atoms with Crippen molar-refractivity contribution in [3.8, 4) is 23.0 Å². The molecular weight excluding hydrogens is 795 g/mol. The molecule has 0 aliphatic heterocycles. The summed E-state index contributed by atoms with van der Waals surface area (Å²) in [6, 6.07) is 6.98. The molecule has 2 atom stereocenters. The summed E-state index contributed by atoms with van der Waals surface area (Å²) in [5, 5.41) is 21.0. The fourth-order valence-electron chi connectivity index (χ4n) is 6.53. The monoisotopic (exact) mass is 825 g/mol. The van der Waals surface area contributed by atoms with Gasteiger partial charge in [0.2, 0.25) is 15.9 Å². The number of fused-ring (bicyclic) bond motifs is 2. The quantitative estimate of drug-likeness (QED) is 0.105. The number of anilines is 1. The zero-order chi connectivity index (χ0) is 40.9. The molecule has 1 aliphatic rings. The average Bonchev–Trinajstić information content (AvgIpc) is 3.73. The molecule has 11 nitrogen and oxygen atoms in total. The number of halogens is 8. The first kappa shape index (κ1) is 40.5. The number of carbonyl (C=O) groups is 1. The van der Waals surface area contributed by atoms with Gasteiger partial charge in [-0.1, -0.05) is 23.6 Å². The van der Waals surface area contributed by atoms with Gasteiger partial charge < -0.3 is 10.4 Å². The highest BCUT2D eigenvalue weighted by Crippen LogP contribution is 2.45. The fourth-order valence-corrected chi connectivity index (χ4v) is 7.27. The van der Waals surface area contributed by atoms with Gasteiger partial charge in [0.1, 0.15) is 41.9 Å². The topological polar surface area (TPSA) is 144 Å². The van der Waals surface area contributed by atoms with Crippen LogP contribution >= 0.6 is 11.6 Å². The van der Waals surface area contributed by atoms with Crippen LogP contribution < -0.4 is 10.0 Å². The Morgan fingerprint density at radius 1 is 1.09 bits per heavy atom. The lowest BCUT2D eigenvalue weighted by atomic mass is 9.93. The smallest absolute Gasteiger partial charge is 0.290 e. The highest BCUT2D eigenvalue weighted by Gasteiger charge is 2.46. The van der Waals surface area contributed by atoms with Crippen molar-refractivity contribution in [1.82, 2.24) is 29.9 Å². The number of rotatable bonds is 11. The molecule has 1 amide bonds. The maximum absolute atomic E-state index is 14.9. The Hall–Kier alpha value is -5.19. The highest BCUT2D eigenvalue weighted by atomic mass is 35.5. The minimum Gasteiger partial charge on any atom is -0.375 e. The van der Waals surface area contributed by atoms with E-state index in [0.29, 0.717) is 10.7 Å². The van der Waals surface area contributed by atoms with Gasteiger partial charge in [-0.25, -0.2) is 35.4 Å². The number of nitrogens with zero attached hydrogens (tertiary/aromatic N) is 5. The van der Waals surface area contributed by atoms with E-state index in [-0.39, 0.29) is 55.4 Å². The standard InChI is InChI=1S/C36H31ClF7N7O4S/c1-35(53,17-38)10-8-21-4-5-22(23-6-7-25(37)28-31(23)50(2)48-34(28)49-56(3,54)55)29(45-21)26(14-18-12-19(39)15-20(40)13-18)46-27(52)16-51-32-24(9-11-36(32,43)44)30(47-51)33(41)42/h4-7,12-13,15,26,33,53H,9,11,14,16-17H2,1-3H3,(H,46,52)(H,48,49)/t26-,35?/m0/s1. The van der Waals surface area contributed by atoms with E-state index in [1.54, 1.807) is 0 Å². The summed E-state index contributed by atoms with van der Waals surface area (Å²) in [6.45, 7) is -1.10. The Balaban J connectivity index is 1.54. The van der Waals surface area contributed by atoms with Crippen molar-refractivity contribution in [2.24, 2.45) is 7.05 Å². The number of aromatic nitrogens is 5. The second-order valence-corrected chi connectivity index (χ2v) is 15.6. The van der Waals surface area contributed by atoms with E-state index in [9.17, 15) is 49.1 Å². The van der Waals surface area contributed by atoms with E-state index in [1.165, 1.54) is 36.0 Å². The third-order valence-electron chi connectivity index (χ3n) is 8.80. The number of sulfonamides is 1. The van der Waals surface area contributed by atoms with Crippen molar-refractivity contribution in [2.45, 2.75) is 56.7 Å². The van der Waals surface area contributed by atoms with Crippen molar-refractivity contribution in [2.75, 3.05) is 17.7 Å². The molecule has 0 saturated heterocycles.